The average Bonchev–Trinajstić information content (AvgIpc) is 2.77. The van der Waals surface area contributed by atoms with Gasteiger partial charge in [0.15, 0.2) is 0 Å². The predicted molar refractivity (Wildman–Crippen MR) is 120 cm³/mol. The van der Waals surface area contributed by atoms with Crippen LogP contribution in [0.5, 0.6) is 0 Å². The number of thioether (sulfide) groups is 1. The van der Waals surface area contributed by atoms with E-state index in [1.807, 2.05) is 0 Å². The molecule has 5 nitrogen and oxygen atoms in total. The zero-order valence-electron chi connectivity index (χ0n) is 17.2. The lowest BCUT2D eigenvalue weighted by atomic mass is 10.1. The minimum Gasteiger partial charge on any atom is -0.347 e. The Morgan fingerprint density at radius 2 is 1.94 bits per heavy atom. The number of amides is 2. The summed E-state index contributed by atoms with van der Waals surface area (Å²) >= 11 is 7.42. The number of rotatable bonds is 5. The van der Waals surface area contributed by atoms with Gasteiger partial charge in [0.1, 0.15) is 29.0 Å². The van der Waals surface area contributed by atoms with Crippen LogP contribution < -0.4 is 10.2 Å². The molecule has 0 saturated heterocycles. The van der Waals surface area contributed by atoms with Crippen molar-refractivity contribution in [3.8, 4) is 0 Å². The fourth-order valence-electron chi connectivity index (χ4n) is 3.34. The summed E-state index contributed by atoms with van der Waals surface area (Å²) in [6.45, 7) is 1.40. The van der Waals surface area contributed by atoms with E-state index >= 15 is 0 Å². The van der Waals surface area contributed by atoms with E-state index in [2.05, 4.69) is 10.3 Å². The standard InChI is InChI=1S/C23H17ClF3N3O2S/c1-12-23(32)30(11-15-16(24)3-2-4-17(15)26)21-20(33-12)8-7-19(29-21)22(31)28-10-13-5-6-14(25)9-18(13)27/h2-9,12H,10-11H2,1H3,(H,28,31). The number of carbonyl (C=O) groups is 2. The number of pyridine rings is 1. The monoisotopic (exact) mass is 491 g/mol. The summed E-state index contributed by atoms with van der Waals surface area (Å²) in [7, 11) is 0. The summed E-state index contributed by atoms with van der Waals surface area (Å²) in [5.41, 5.74) is 0.239. The van der Waals surface area contributed by atoms with Crippen LogP contribution in [-0.2, 0) is 17.9 Å². The molecular weight excluding hydrogens is 475 g/mol. The number of aromatic nitrogens is 1. The van der Waals surface area contributed by atoms with Crippen LogP contribution in [0.2, 0.25) is 5.02 Å². The molecule has 1 aliphatic heterocycles. The first-order valence-corrected chi connectivity index (χ1v) is 11.1. The van der Waals surface area contributed by atoms with Crippen LogP contribution in [0.3, 0.4) is 0 Å². The average molecular weight is 492 g/mol. The van der Waals surface area contributed by atoms with Gasteiger partial charge >= 0.3 is 0 Å². The van der Waals surface area contributed by atoms with Crippen LogP contribution in [0.15, 0.2) is 53.4 Å². The zero-order chi connectivity index (χ0) is 23.7. The summed E-state index contributed by atoms with van der Waals surface area (Å²) in [6, 6.07) is 10.4. The van der Waals surface area contributed by atoms with E-state index in [0.29, 0.717) is 4.90 Å². The van der Waals surface area contributed by atoms with Crippen molar-refractivity contribution in [1.82, 2.24) is 10.3 Å². The van der Waals surface area contributed by atoms with Gasteiger partial charge < -0.3 is 5.32 Å². The maximum atomic E-state index is 14.4. The van der Waals surface area contributed by atoms with Crippen LogP contribution in [-0.4, -0.2) is 22.0 Å². The highest BCUT2D eigenvalue weighted by molar-refractivity contribution is 8.00. The Labute approximate surface area is 197 Å². The van der Waals surface area contributed by atoms with Crippen molar-refractivity contribution in [1.29, 1.82) is 0 Å². The molecule has 33 heavy (non-hydrogen) atoms. The van der Waals surface area contributed by atoms with Gasteiger partial charge in [0, 0.05) is 28.8 Å². The van der Waals surface area contributed by atoms with Crippen LogP contribution in [0.4, 0.5) is 19.0 Å². The van der Waals surface area contributed by atoms with Crippen molar-refractivity contribution in [3.05, 3.63) is 87.8 Å². The molecule has 0 bridgehead atoms. The van der Waals surface area contributed by atoms with Crippen LogP contribution >= 0.6 is 23.4 Å². The molecule has 2 heterocycles. The molecule has 1 aliphatic rings. The molecule has 0 fully saturated rings. The molecule has 1 unspecified atom stereocenters. The third kappa shape index (κ3) is 4.84. The number of carbonyl (C=O) groups excluding carboxylic acids is 2. The fourth-order valence-corrected chi connectivity index (χ4v) is 4.58. The van der Waals surface area contributed by atoms with Crippen LogP contribution in [0.25, 0.3) is 0 Å². The van der Waals surface area contributed by atoms with Crippen molar-refractivity contribution in [2.45, 2.75) is 30.2 Å². The number of anilines is 1. The summed E-state index contributed by atoms with van der Waals surface area (Å²) in [5, 5.41) is 2.26. The molecule has 0 saturated carbocycles. The first-order valence-electron chi connectivity index (χ1n) is 9.88. The fraction of sp³-hybridized carbons (Fsp3) is 0.174. The number of hydrogen-bond acceptors (Lipinski definition) is 4. The second-order valence-corrected chi connectivity index (χ2v) is 9.11. The second kappa shape index (κ2) is 9.44. The zero-order valence-corrected chi connectivity index (χ0v) is 18.8. The number of halogens is 4. The third-order valence-electron chi connectivity index (χ3n) is 5.08. The first-order chi connectivity index (χ1) is 15.7. The van der Waals surface area contributed by atoms with Gasteiger partial charge in [-0.25, -0.2) is 18.2 Å². The number of fused-ring (bicyclic) bond motifs is 1. The van der Waals surface area contributed by atoms with E-state index in [9.17, 15) is 22.8 Å². The molecule has 170 valence electrons. The van der Waals surface area contributed by atoms with Crippen molar-refractivity contribution in [2.75, 3.05) is 4.90 Å². The number of hydrogen-bond donors (Lipinski definition) is 1. The van der Waals surface area contributed by atoms with Crippen LogP contribution in [0.1, 0.15) is 28.5 Å². The highest BCUT2D eigenvalue weighted by atomic mass is 35.5. The molecule has 0 aliphatic carbocycles. The molecule has 3 aromatic rings. The quantitative estimate of drug-likeness (QED) is 0.539. The Kier molecular flexibility index (Phi) is 6.62. The largest absolute Gasteiger partial charge is 0.347 e. The van der Waals surface area contributed by atoms with Gasteiger partial charge in [0.25, 0.3) is 5.91 Å². The van der Waals surface area contributed by atoms with E-state index in [4.69, 9.17) is 11.6 Å². The van der Waals surface area contributed by atoms with E-state index in [-0.39, 0.29) is 46.7 Å². The van der Waals surface area contributed by atoms with Gasteiger partial charge in [-0.05, 0) is 37.3 Å². The van der Waals surface area contributed by atoms with E-state index in [1.54, 1.807) is 13.0 Å². The van der Waals surface area contributed by atoms with Crippen LogP contribution in [0, 0.1) is 17.5 Å². The molecule has 1 atom stereocenters. The summed E-state index contributed by atoms with van der Waals surface area (Å²) in [5.74, 6) is -2.75. The van der Waals surface area contributed by atoms with Gasteiger partial charge in [-0.15, -0.1) is 11.8 Å². The highest BCUT2D eigenvalue weighted by Gasteiger charge is 2.33. The normalized spacial score (nSPS) is 15.4. The topological polar surface area (TPSA) is 62.3 Å². The molecule has 0 spiro atoms. The molecule has 4 rings (SSSR count). The predicted octanol–water partition coefficient (Wildman–Crippen LogP) is 5.11. The molecular formula is C23H17ClF3N3O2S. The smallest absolute Gasteiger partial charge is 0.270 e. The van der Waals surface area contributed by atoms with Gasteiger partial charge in [0.2, 0.25) is 5.91 Å². The van der Waals surface area contributed by atoms with E-state index in [0.717, 1.165) is 12.1 Å². The minimum atomic E-state index is -0.780. The van der Waals surface area contributed by atoms with Gasteiger partial charge in [-0.2, -0.15) is 0 Å². The van der Waals surface area contributed by atoms with Gasteiger partial charge in [0.05, 0.1) is 16.7 Å². The lowest BCUT2D eigenvalue weighted by Crippen LogP contribution is -2.40. The Morgan fingerprint density at radius 3 is 2.67 bits per heavy atom. The maximum absolute atomic E-state index is 14.4. The number of nitrogens with zero attached hydrogens (tertiary/aromatic N) is 2. The molecule has 1 aromatic heterocycles. The Morgan fingerprint density at radius 1 is 1.15 bits per heavy atom. The minimum absolute atomic E-state index is 0.0103. The molecule has 1 N–H and O–H groups in total. The number of benzene rings is 2. The van der Waals surface area contributed by atoms with Gasteiger partial charge in [-0.3, -0.25) is 14.5 Å². The molecule has 0 radical (unpaired) electrons. The van der Waals surface area contributed by atoms with E-state index < -0.39 is 28.6 Å². The third-order valence-corrected chi connectivity index (χ3v) is 6.56. The Balaban J connectivity index is 1.61. The SMILES string of the molecule is CC1Sc2ccc(C(=O)NCc3ccc(F)cc3F)nc2N(Cc2c(F)cccc2Cl)C1=O. The first kappa shape index (κ1) is 23.1. The summed E-state index contributed by atoms with van der Waals surface area (Å²) < 4.78 is 41.3. The Hall–Kier alpha value is -3.04. The molecule has 2 aromatic carbocycles. The summed E-state index contributed by atoms with van der Waals surface area (Å²) in [4.78, 5) is 31.8. The summed E-state index contributed by atoms with van der Waals surface area (Å²) in [6.07, 6.45) is 0. The molecule has 10 heteroatoms. The maximum Gasteiger partial charge on any atom is 0.270 e. The van der Waals surface area contributed by atoms with Crippen molar-refractivity contribution in [2.24, 2.45) is 0 Å². The van der Waals surface area contributed by atoms with Crippen molar-refractivity contribution >= 4 is 41.0 Å². The lowest BCUT2D eigenvalue weighted by Gasteiger charge is -2.31. The number of nitrogens with one attached hydrogen (secondary N) is 1. The van der Waals surface area contributed by atoms with Gasteiger partial charge in [-0.1, -0.05) is 23.7 Å². The van der Waals surface area contributed by atoms with E-state index in [1.165, 1.54) is 47.0 Å². The Bertz CT molecular complexity index is 1240. The second-order valence-electron chi connectivity index (χ2n) is 7.32. The lowest BCUT2D eigenvalue weighted by molar-refractivity contribution is -0.118. The molecule has 2 amide bonds. The van der Waals surface area contributed by atoms with Crippen molar-refractivity contribution < 1.29 is 22.8 Å². The van der Waals surface area contributed by atoms with Crippen molar-refractivity contribution in [3.63, 3.8) is 0 Å². The highest BCUT2D eigenvalue weighted by Crippen LogP contribution is 2.39.